The van der Waals surface area contributed by atoms with Gasteiger partial charge in [-0.05, 0) is 49.6 Å². The van der Waals surface area contributed by atoms with Gasteiger partial charge in [-0.1, -0.05) is 12.1 Å². The van der Waals surface area contributed by atoms with Gasteiger partial charge in [-0.25, -0.2) is 13.8 Å². The van der Waals surface area contributed by atoms with E-state index in [-0.39, 0.29) is 12.3 Å². The summed E-state index contributed by atoms with van der Waals surface area (Å²) in [6.45, 7) is 1.64. The fourth-order valence-corrected chi connectivity index (χ4v) is 3.45. The number of nitrogens with one attached hydrogen (secondary N) is 1. The number of piperidine rings is 1. The first-order valence-corrected chi connectivity index (χ1v) is 9.62. The summed E-state index contributed by atoms with van der Waals surface area (Å²) >= 11 is 0. The van der Waals surface area contributed by atoms with Crippen molar-refractivity contribution in [1.82, 2.24) is 4.98 Å². The summed E-state index contributed by atoms with van der Waals surface area (Å²) in [5.74, 6) is -0.707. The van der Waals surface area contributed by atoms with Gasteiger partial charge in [0.15, 0.2) is 6.61 Å². The first kappa shape index (κ1) is 19.1. The SMILES string of the molecule is O=C(COc1cccc2ccc(N3CCCCC3)nc12)Nc1ccc(F)cc1F. The number of hydrogen-bond acceptors (Lipinski definition) is 4. The van der Waals surface area contributed by atoms with Crippen molar-refractivity contribution in [2.24, 2.45) is 0 Å². The Hall–Kier alpha value is -3.22. The predicted octanol–water partition coefficient (Wildman–Crippen LogP) is 4.52. The van der Waals surface area contributed by atoms with Crippen LogP contribution in [0.5, 0.6) is 5.75 Å². The molecule has 29 heavy (non-hydrogen) atoms. The highest BCUT2D eigenvalue weighted by molar-refractivity contribution is 5.92. The summed E-state index contributed by atoms with van der Waals surface area (Å²) < 4.78 is 32.3. The van der Waals surface area contributed by atoms with Crippen molar-refractivity contribution >= 4 is 28.3 Å². The molecule has 4 rings (SSSR count). The maximum Gasteiger partial charge on any atom is 0.262 e. The highest BCUT2D eigenvalue weighted by atomic mass is 19.1. The summed E-state index contributed by atoms with van der Waals surface area (Å²) in [4.78, 5) is 19.2. The molecule has 0 saturated carbocycles. The molecule has 0 atom stereocenters. The maximum absolute atomic E-state index is 13.7. The van der Waals surface area contributed by atoms with Gasteiger partial charge in [0.2, 0.25) is 0 Å². The quantitative estimate of drug-likeness (QED) is 0.688. The summed E-state index contributed by atoms with van der Waals surface area (Å²) in [6, 6.07) is 12.5. The normalized spacial score (nSPS) is 14.1. The number of benzene rings is 2. The van der Waals surface area contributed by atoms with Crippen molar-refractivity contribution in [3.8, 4) is 5.75 Å². The number of hydrogen-bond donors (Lipinski definition) is 1. The third-order valence-electron chi connectivity index (χ3n) is 4.91. The molecular weight excluding hydrogens is 376 g/mol. The molecule has 2 heterocycles. The van der Waals surface area contributed by atoms with E-state index in [1.54, 1.807) is 6.07 Å². The molecule has 150 valence electrons. The molecule has 1 aromatic heterocycles. The van der Waals surface area contributed by atoms with Crippen molar-refractivity contribution in [1.29, 1.82) is 0 Å². The van der Waals surface area contributed by atoms with Gasteiger partial charge in [-0.2, -0.15) is 0 Å². The van der Waals surface area contributed by atoms with Gasteiger partial charge in [0.1, 0.15) is 28.7 Å². The number of halogens is 2. The minimum absolute atomic E-state index is 0.0940. The van der Waals surface area contributed by atoms with Crippen LogP contribution in [0.15, 0.2) is 48.5 Å². The van der Waals surface area contributed by atoms with Crippen molar-refractivity contribution < 1.29 is 18.3 Å². The molecule has 0 aliphatic carbocycles. The van der Waals surface area contributed by atoms with E-state index in [2.05, 4.69) is 10.2 Å². The van der Waals surface area contributed by atoms with E-state index in [9.17, 15) is 13.6 Å². The van der Waals surface area contributed by atoms with Crippen LogP contribution in [0.1, 0.15) is 19.3 Å². The van der Waals surface area contributed by atoms with Crippen LogP contribution in [0.2, 0.25) is 0 Å². The van der Waals surface area contributed by atoms with E-state index in [0.717, 1.165) is 43.2 Å². The fourth-order valence-electron chi connectivity index (χ4n) is 3.45. The van der Waals surface area contributed by atoms with Crippen LogP contribution in [0.3, 0.4) is 0 Å². The number of aromatic nitrogens is 1. The summed E-state index contributed by atoms with van der Waals surface area (Å²) in [6.07, 6.45) is 3.54. The number of amides is 1. The Balaban J connectivity index is 1.48. The van der Waals surface area contributed by atoms with E-state index in [1.807, 2.05) is 24.3 Å². The van der Waals surface area contributed by atoms with E-state index in [4.69, 9.17) is 9.72 Å². The number of carbonyl (C=O) groups excluding carboxylic acids is 1. The largest absolute Gasteiger partial charge is 0.481 e. The average Bonchev–Trinajstić information content (AvgIpc) is 2.74. The van der Waals surface area contributed by atoms with Gasteiger partial charge in [0.05, 0.1) is 5.69 Å². The second kappa shape index (κ2) is 8.43. The van der Waals surface area contributed by atoms with Crippen molar-refractivity contribution in [2.45, 2.75) is 19.3 Å². The standard InChI is InChI=1S/C22H21F2N3O2/c23-16-8-9-18(17(24)13-16)25-21(28)14-29-19-6-4-5-15-7-10-20(26-22(15)19)27-11-2-1-3-12-27/h4-10,13H,1-3,11-12,14H2,(H,25,28). The zero-order chi connectivity index (χ0) is 20.2. The van der Waals surface area contributed by atoms with Gasteiger partial charge in [0, 0.05) is 24.5 Å². The average molecular weight is 397 g/mol. The number of anilines is 2. The lowest BCUT2D eigenvalue weighted by atomic mass is 10.1. The monoisotopic (exact) mass is 397 g/mol. The molecule has 0 spiro atoms. The summed E-state index contributed by atoms with van der Waals surface area (Å²) in [5.41, 5.74) is 0.583. The van der Waals surface area contributed by atoms with Crippen LogP contribution in [0, 0.1) is 11.6 Å². The number of pyridine rings is 1. The molecule has 0 unspecified atom stereocenters. The highest BCUT2D eigenvalue weighted by Gasteiger charge is 2.15. The van der Waals surface area contributed by atoms with Gasteiger partial charge >= 0.3 is 0 Å². The lowest BCUT2D eigenvalue weighted by molar-refractivity contribution is -0.118. The molecule has 1 fully saturated rings. The Bertz CT molecular complexity index is 1040. The Labute approximate surface area is 167 Å². The van der Waals surface area contributed by atoms with Gasteiger partial charge in [0.25, 0.3) is 5.91 Å². The third-order valence-corrected chi connectivity index (χ3v) is 4.91. The highest BCUT2D eigenvalue weighted by Crippen LogP contribution is 2.27. The van der Waals surface area contributed by atoms with Crippen LogP contribution in [0.4, 0.5) is 20.3 Å². The molecule has 7 heteroatoms. The molecule has 5 nitrogen and oxygen atoms in total. The van der Waals surface area contributed by atoms with E-state index < -0.39 is 17.5 Å². The van der Waals surface area contributed by atoms with Crippen LogP contribution >= 0.6 is 0 Å². The van der Waals surface area contributed by atoms with Gasteiger partial charge in [-0.3, -0.25) is 4.79 Å². The smallest absolute Gasteiger partial charge is 0.262 e. The Morgan fingerprint density at radius 2 is 1.90 bits per heavy atom. The minimum Gasteiger partial charge on any atom is -0.481 e. The number of rotatable bonds is 5. The zero-order valence-corrected chi connectivity index (χ0v) is 15.8. The first-order valence-electron chi connectivity index (χ1n) is 9.62. The van der Waals surface area contributed by atoms with Crippen molar-refractivity contribution in [3.05, 3.63) is 60.2 Å². The van der Waals surface area contributed by atoms with E-state index in [1.165, 1.54) is 12.5 Å². The van der Waals surface area contributed by atoms with E-state index >= 15 is 0 Å². The van der Waals surface area contributed by atoms with Crippen LogP contribution in [-0.4, -0.2) is 30.6 Å². The predicted molar refractivity (Wildman–Crippen MR) is 108 cm³/mol. The number of para-hydroxylation sites is 1. The van der Waals surface area contributed by atoms with Gasteiger partial charge in [-0.15, -0.1) is 0 Å². The van der Waals surface area contributed by atoms with E-state index in [0.29, 0.717) is 17.3 Å². The second-order valence-electron chi connectivity index (χ2n) is 7.01. The van der Waals surface area contributed by atoms with Crippen LogP contribution < -0.4 is 15.0 Å². The van der Waals surface area contributed by atoms with Crippen LogP contribution in [0.25, 0.3) is 10.9 Å². The molecule has 1 N–H and O–H groups in total. The molecule has 1 saturated heterocycles. The molecule has 1 aliphatic heterocycles. The number of fused-ring (bicyclic) bond motifs is 1. The summed E-state index contributed by atoms with van der Waals surface area (Å²) in [7, 11) is 0. The molecular formula is C22H21F2N3O2. The molecule has 1 amide bonds. The van der Waals surface area contributed by atoms with Gasteiger partial charge < -0.3 is 15.0 Å². The minimum atomic E-state index is -0.837. The zero-order valence-electron chi connectivity index (χ0n) is 15.8. The van der Waals surface area contributed by atoms with Crippen molar-refractivity contribution in [2.75, 3.05) is 29.9 Å². The third kappa shape index (κ3) is 4.45. The molecule has 1 aliphatic rings. The summed E-state index contributed by atoms with van der Waals surface area (Å²) in [5, 5.41) is 3.29. The molecule has 3 aromatic rings. The Morgan fingerprint density at radius 3 is 2.69 bits per heavy atom. The first-order chi connectivity index (χ1) is 14.1. The molecule has 2 aromatic carbocycles. The Kier molecular flexibility index (Phi) is 5.55. The topological polar surface area (TPSA) is 54.5 Å². The van der Waals surface area contributed by atoms with Crippen molar-refractivity contribution in [3.63, 3.8) is 0 Å². The molecule has 0 radical (unpaired) electrons. The second-order valence-corrected chi connectivity index (χ2v) is 7.01. The fraction of sp³-hybridized carbons (Fsp3) is 0.273. The maximum atomic E-state index is 13.7. The lowest BCUT2D eigenvalue weighted by Gasteiger charge is -2.28. The number of ether oxygens (including phenoxy) is 1. The lowest BCUT2D eigenvalue weighted by Crippen LogP contribution is -2.30. The number of carbonyl (C=O) groups is 1. The Morgan fingerprint density at radius 1 is 1.07 bits per heavy atom. The van der Waals surface area contributed by atoms with Crippen LogP contribution in [-0.2, 0) is 4.79 Å². The number of nitrogens with zero attached hydrogens (tertiary/aromatic N) is 2. The molecule has 0 bridgehead atoms.